The highest BCUT2D eigenvalue weighted by Crippen LogP contribution is 2.26. The number of thiophene rings is 1. The first-order valence-electron chi connectivity index (χ1n) is 7.01. The fourth-order valence-electron chi connectivity index (χ4n) is 2.54. The standard InChI is InChI=1S/C13H14N4O5S2/c1-24(21,22)13-14-10-4-5-16(7-9(10)12(18)15-13)6-8-2-3-11(23-8)17(19)20/h2-3H,4-7H2,1H3,(H,14,15,18). The molecule has 0 aliphatic carbocycles. The molecule has 0 atom stereocenters. The SMILES string of the molecule is CS(=O)(=O)c1nc2c(c(=O)[nH]1)CN(Cc1ccc([N+](=O)[O-])s1)CC2. The Labute approximate surface area is 141 Å². The van der Waals surface area contributed by atoms with Crippen molar-refractivity contribution in [2.45, 2.75) is 24.7 Å². The number of fused-ring (bicyclic) bond motifs is 1. The molecule has 1 aliphatic heterocycles. The number of sulfone groups is 1. The summed E-state index contributed by atoms with van der Waals surface area (Å²) in [5.41, 5.74) is 0.481. The molecule has 0 amide bonds. The minimum absolute atomic E-state index is 0.0831. The number of nitrogens with one attached hydrogen (secondary N) is 1. The summed E-state index contributed by atoms with van der Waals surface area (Å²) in [6.07, 6.45) is 1.45. The highest BCUT2D eigenvalue weighted by molar-refractivity contribution is 7.90. The first kappa shape index (κ1) is 16.7. The van der Waals surface area contributed by atoms with Crippen LogP contribution in [0.4, 0.5) is 5.00 Å². The Kier molecular flexibility index (Phi) is 4.24. The van der Waals surface area contributed by atoms with Crippen LogP contribution in [0.2, 0.25) is 0 Å². The van der Waals surface area contributed by atoms with E-state index >= 15 is 0 Å². The number of hydrogen-bond donors (Lipinski definition) is 1. The maximum atomic E-state index is 12.1. The molecule has 3 heterocycles. The summed E-state index contributed by atoms with van der Waals surface area (Å²) in [6.45, 7) is 1.41. The molecule has 0 aromatic carbocycles. The second-order valence-corrected chi connectivity index (χ2v) is 8.60. The minimum atomic E-state index is -3.57. The number of H-pyrrole nitrogens is 1. The Hall–Kier alpha value is -2.11. The van der Waals surface area contributed by atoms with E-state index in [0.29, 0.717) is 37.3 Å². The Bertz CT molecular complexity index is 963. The topological polar surface area (TPSA) is 126 Å². The van der Waals surface area contributed by atoms with E-state index in [-0.39, 0.29) is 10.2 Å². The van der Waals surface area contributed by atoms with Crippen LogP contribution in [-0.4, -0.2) is 41.0 Å². The van der Waals surface area contributed by atoms with Crippen LogP contribution in [0.15, 0.2) is 22.1 Å². The average molecular weight is 370 g/mol. The van der Waals surface area contributed by atoms with Gasteiger partial charge in [-0.2, -0.15) is 0 Å². The largest absolute Gasteiger partial charge is 0.324 e. The molecule has 0 fully saturated rings. The highest BCUT2D eigenvalue weighted by atomic mass is 32.2. The lowest BCUT2D eigenvalue weighted by Gasteiger charge is -2.26. The van der Waals surface area contributed by atoms with Gasteiger partial charge in [-0.3, -0.25) is 24.8 Å². The van der Waals surface area contributed by atoms with Crippen molar-refractivity contribution in [3.8, 4) is 0 Å². The summed E-state index contributed by atoms with van der Waals surface area (Å²) in [5, 5.41) is 10.5. The Balaban J connectivity index is 1.81. The van der Waals surface area contributed by atoms with E-state index in [2.05, 4.69) is 9.97 Å². The van der Waals surface area contributed by atoms with Gasteiger partial charge in [-0.25, -0.2) is 13.4 Å². The van der Waals surface area contributed by atoms with Gasteiger partial charge in [0.2, 0.25) is 15.0 Å². The van der Waals surface area contributed by atoms with Gasteiger partial charge in [0.1, 0.15) is 0 Å². The summed E-state index contributed by atoms with van der Waals surface area (Å²) < 4.78 is 23.1. The summed E-state index contributed by atoms with van der Waals surface area (Å²) in [4.78, 5) is 31.6. The molecule has 0 unspecified atom stereocenters. The molecule has 9 nitrogen and oxygen atoms in total. The third kappa shape index (κ3) is 3.37. The molecule has 0 bridgehead atoms. The zero-order valence-electron chi connectivity index (χ0n) is 12.7. The van der Waals surface area contributed by atoms with E-state index < -0.39 is 20.3 Å². The first-order valence-corrected chi connectivity index (χ1v) is 9.72. The summed E-state index contributed by atoms with van der Waals surface area (Å²) in [7, 11) is -3.57. The molecule has 2 aromatic rings. The Morgan fingerprint density at radius 2 is 2.21 bits per heavy atom. The fourth-order valence-corrected chi connectivity index (χ4v) is 3.96. The van der Waals surface area contributed by atoms with Crippen LogP contribution in [-0.2, 0) is 29.3 Å². The quantitative estimate of drug-likeness (QED) is 0.477. The normalized spacial score (nSPS) is 15.2. The van der Waals surface area contributed by atoms with Crippen molar-refractivity contribution in [1.29, 1.82) is 0 Å². The van der Waals surface area contributed by atoms with Gasteiger partial charge in [-0.05, 0) is 6.07 Å². The molecular weight excluding hydrogens is 356 g/mol. The second-order valence-electron chi connectivity index (χ2n) is 5.53. The van der Waals surface area contributed by atoms with E-state index in [1.54, 1.807) is 6.07 Å². The van der Waals surface area contributed by atoms with E-state index in [0.717, 1.165) is 22.5 Å². The van der Waals surface area contributed by atoms with Crippen molar-refractivity contribution in [3.63, 3.8) is 0 Å². The zero-order chi connectivity index (χ0) is 17.5. The van der Waals surface area contributed by atoms with Gasteiger partial charge >= 0.3 is 5.00 Å². The monoisotopic (exact) mass is 370 g/mol. The van der Waals surface area contributed by atoms with E-state index in [9.17, 15) is 23.3 Å². The third-order valence-corrected chi connectivity index (χ3v) is 5.60. The number of rotatable bonds is 4. The molecule has 0 spiro atoms. The summed E-state index contributed by atoms with van der Waals surface area (Å²) >= 11 is 1.10. The second kappa shape index (κ2) is 6.07. The van der Waals surface area contributed by atoms with Crippen LogP contribution in [0.5, 0.6) is 0 Å². The first-order chi connectivity index (χ1) is 11.2. The molecule has 3 rings (SSSR count). The number of hydrogen-bond acceptors (Lipinski definition) is 8. The van der Waals surface area contributed by atoms with Gasteiger partial charge < -0.3 is 0 Å². The number of nitro groups is 1. The van der Waals surface area contributed by atoms with Gasteiger partial charge in [-0.1, -0.05) is 11.3 Å². The van der Waals surface area contributed by atoms with Crippen molar-refractivity contribution in [2.75, 3.05) is 12.8 Å². The molecule has 128 valence electrons. The number of aromatic nitrogens is 2. The van der Waals surface area contributed by atoms with Gasteiger partial charge in [0.25, 0.3) is 5.56 Å². The molecule has 1 N–H and O–H groups in total. The lowest BCUT2D eigenvalue weighted by atomic mass is 10.1. The van der Waals surface area contributed by atoms with Gasteiger partial charge in [-0.15, -0.1) is 0 Å². The van der Waals surface area contributed by atoms with Crippen molar-refractivity contribution in [2.24, 2.45) is 0 Å². The maximum absolute atomic E-state index is 12.1. The summed E-state index contributed by atoms with van der Waals surface area (Å²) in [6, 6.07) is 3.16. The van der Waals surface area contributed by atoms with Crippen molar-refractivity contribution in [3.05, 3.63) is 48.7 Å². The zero-order valence-corrected chi connectivity index (χ0v) is 14.3. The predicted molar refractivity (Wildman–Crippen MR) is 86.8 cm³/mol. The molecule has 1 aliphatic rings. The predicted octanol–water partition coefficient (Wildman–Crippen LogP) is 0.701. The van der Waals surface area contributed by atoms with Gasteiger partial charge in [0.15, 0.2) is 0 Å². The van der Waals surface area contributed by atoms with Crippen molar-refractivity contribution >= 4 is 26.2 Å². The highest BCUT2D eigenvalue weighted by Gasteiger charge is 2.24. The Morgan fingerprint density at radius 1 is 1.46 bits per heavy atom. The molecule has 11 heteroatoms. The smallest absolute Gasteiger partial charge is 0.297 e. The molecule has 0 radical (unpaired) electrons. The maximum Gasteiger partial charge on any atom is 0.324 e. The summed E-state index contributed by atoms with van der Waals surface area (Å²) in [5.74, 6) is 0. The van der Waals surface area contributed by atoms with Gasteiger partial charge in [0, 0.05) is 43.3 Å². The fraction of sp³-hybridized carbons (Fsp3) is 0.385. The van der Waals surface area contributed by atoms with Crippen molar-refractivity contribution < 1.29 is 13.3 Å². The molecule has 0 saturated carbocycles. The molecule has 0 saturated heterocycles. The van der Waals surface area contributed by atoms with Crippen LogP contribution in [0, 0.1) is 10.1 Å². The lowest BCUT2D eigenvalue weighted by molar-refractivity contribution is -0.380. The lowest BCUT2D eigenvalue weighted by Crippen LogP contribution is -2.35. The number of aromatic amines is 1. The van der Waals surface area contributed by atoms with Crippen molar-refractivity contribution in [1.82, 2.24) is 14.9 Å². The molecular formula is C13H14N4O5S2. The average Bonchev–Trinajstić information content (AvgIpc) is 2.95. The van der Waals surface area contributed by atoms with E-state index in [1.165, 1.54) is 6.07 Å². The number of nitrogens with zero attached hydrogens (tertiary/aromatic N) is 3. The van der Waals surface area contributed by atoms with E-state index in [1.807, 2.05) is 4.90 Å². The Morgan fingerprint density at radius 3 is 2.83 bits per heavy atom. The van der Waals surface area contributed by atoms with E-state index in [4.69, 9.17) is 0 Å². The third-order valence-electron chi connectivity index (χ3n) is 3.68. The van der Waals surface area contributed by atoms with Crippen LogP contribution >= 0.6 is 11.3 Å². The van der Waals surface area contributed by atoms with Gasteiger partial charge in [0.05, 0.1) is 16.2 Å². The molecule has 24 heavy (non-hydrogen) atoms. The molecule has 2 aromatic heterocycles. The van der Waals surface area contributed by atoms with Crippen LogP contribution in [0.3, 0.4) is 0 Å². The van der Waals surface area contributed by atoms with Crippen LogP contribution in [0.1, 0.15) is 16.1 Å². The van der Waals surface area contributed by atoms with Crippen LogP contribution < -0.4 is 5.56 Å². The minimum Gasteiger partial charge on any atom is -0.297 e. The van der Waals surface area contributed by atoms with Crippen LogP contribution in [0.25, 0.3) is 0 Å².